The van der Waals surface area contributed by atoms with Crippen LogP contribution in [0.5, 0.6) is 0 Å². The second kappa shape index (κ2) is 8.28. The van der Waals surface area contributed by atoms with Crippen molar-refractivity contribution in [2.75, 3.05) is 20.6 Å². The number of rotatable bonds is 8. The Morgan fingerprint density at radius 1 is 1.00 bits per heavy atom. The minimum Gasteiger partial charge on any atom is -0.312 e. The highest BCUT2D eigenvalue weighted by Gasteiger charge is 2.07. The van der Waals surface area contributed by atoms with E-state index in [1.807, 2.05) is 0 Å². The van der Waals surface area contributed by atoms with Crippen molar-refractivity contribution in [3.63, 3.8) is 0 Å². The van der Waals surface area contributed by atoms with E-state index in [9.17, 15) is 0 Å². The van der Waals surface area contributed by atoms with E-state index in [4.69, 9.17) is 0 Å². The lowest BCUT2D eigenvalue weighted by Gasteiger charge is -2.21. The molecule has 2 unspecified atom stereocenters. The Kier molecular flexibility index (Phi) is 6.99. The lowest BCUT2D eigenvalue weighted by Crippen LogP contribution is -2.36. The number of nitrogens with one attached hydrogen (secondary N) is 1. The molecular weight excluding hydrogens is 220 g/mol. The summed E-state index contributed by atoms with van der Waals surface area (Å²) < 4.78 is 0. The van der Waals surface area contributed by atoms with Crippen LogP contribution >= 0.6 is 0 Å². The fourth-order valence-electron chi connectivity index (χ4n) is 2.13. The summed E-state index contributed by atoms with van der Waals surface area (Å²) in [6.07, 6.45) is 3.58. The van der Waals surface area contributed by atoms with Gasteiger partial charge in [-0.05, 0) is 59.3 Å². The van der Waals surface area contributed by atoms with Crippen molar-refractivity contribution in [2.45, 2.75) is 45.2 Å². The molecular formula is C16H28N2. The lowest BCUT2D eigenvalue weighted by atomic mass is 10.1. The van der Waals surface area contributed by atoms with Crippen molar-refractivity contribution in [2.24, 2.45) is 0 Å². The molecule has 0 saturated carbocycles. The Morgan fingerprint density at radius 2 is 1.61 bits per heavy atom. The highest BCUT2D eigenvalue weighted by atomic mass is 15.1. The Bertz CT molecular complexity index is 308. The van der Waals surface area contributed by atoms with Crippen LogP contribution in [0.3, 0.4) is 0 Å². The average molecular weight is 248 g/mol. The van der Waals surface area contributed by atoms with Crippen LogP contribution in [0.15, 0.2) is 30.3 Å². The number of hydrogen-bond donors (Lipinski definition) is 1. The van der Waals surface area contributed by atoms with Crippen LogP contribution in [0.4, 0.5) is 0 Å². The van der Waals surface area contributed by atoms with Crippen molar-refractivity contribution in [1.29, 1.82) is 0 Å². The van der Waals surface area contributed by atoms with Gasteiger partial charge >= 0.3 is 0 Å². The molecule has 18 heavy (non-hydrogen) atoms. The zero-order valence-electron chi connectivity index (χ0n) is 12.3. The molecule has 0 aliphatic carbocycles. The average Bonchev–Trinajstić information content (AvgIpc) is 2.35. The first-order chi connectivity index (χ1) is 8.58. The molecule has 0 saturated heterocycles. The van der Waals surface area contributed by atoms with E-state index in [1.54, 1.807) is 0 Å². The predicted molar refractivity (Wildman–Crippen MR) is 80.0 cm³/mol. The summed E-state index contributed by atoms with van der Waals surface area (Å²) in [6.45, 7) is 5.72. The molecule has 0 aliphatic rings. The first-order valence-corrected chi connectivity index (χ1v) is 7.02. The molecule has 1 aromatic rings. The van der Waals surface area contributed by atoms with E-state index in [0.717, 1.165) is 13.0 Å². The SMILES string of the molecule is CC(CCc1ccccc1)NC(C)CCN(C)C. The van der Waals surface area contributed by atoms with Gasteiger partial charge in [0.15, 0.2) is 0 Å². The fourth-order valence-corrected chi connectivity index (χ4v) is 2.13. The number of benzene rings is 1. The van der Waals surface area contributed by atoms with Crippen LogP contribution in [-0.2, 0) is 6.42 Å². The summed E-state index contributed by atoms with van der Waals surface area (Å²) in [6, 6.07) is 11.9. The van der Waals surface area contributed by atoms with Crippen LogP contribution in [-0.4, -0.2) is 37.6 Å². The summed E-state index contributed by atoms with van der Waals surface area (Å²) in [5, 5.41) is 3.68. The third-order valence-electron chi connectivity index (χ3n) is 3.29. The van der Waals surface area contributed by atoms with Crippen LogP contribution in [0.2, 0.25) is 0 Å². The maximum Gasteiger partial charge on any atom is 0.00533 e. The van der Waals surface area contributed by atoms with E-state index in [1.165, 1.54) is 18.4 Å². The van der Waals surface area contributed by atoms with Crippen LogP contribution in [0.1, 0.15) is 32.3 Å². The van der Waals surface area contributed by atoms with Gasteiger partial charge in [0.05, 0.1) is 0 Å². The van der Waals surface area contributed by atoms with Crippen molar-refractivity contribution in [1.82, 2.24) is 10.2 Å². The molecule has 102 valence electrons. The number of nitrogens with zero attached hydrogens (tertiary/aromatic N) is 1. The van der Waals surface area contributed by atoms with Gasteiger partial charge in [-0.15, -0.1) is 0 Å². The highest BCUT2D eigenvalue weighted by molar-refractivity contribution is 5.14. The Hall–Kier alpha value is -0.860. The quantitative estimate of drug-likeness (QED) is 0.761. The topological polar surface area (TPSA) is 15.3 Å². The maximum atomic E-state index is 3.68. The second-order valence-electron chi connectivity index (χ2n) is 5.58. The van der Waals surface area contributed by atoms with Crippen LogP contribution in [0.25, 0.3) is 0 Å². The van der Waals surface area contributed by atoms with Gasteiger partial charge in [0.25, 0.3) is 0 Å². The third kappa shape index (κ3) is 6.77. The summed E-state index contributed by atoms with van der Waals surface area (Å²) in [4.78, 5) is 2.24. The Balaban J connectivity index is 2.19. The third-order valence-corrected chi connectivity index (χ3v) is 3.29. The first kappa shape index (κ1) is 15.2. The zero-order valence-corrected chi connectivity index (χ0v) is 12.3. The van der Waals surface area contributed by atoms with Crippen molar-refractivity contribution in [3.05, 3.63) is 35.9 Å². The molecule has 0 heterocycles. The summed E-state index contributed by atoms with van der Waals surface area (Å²) in [7, 11) is 4.26. The molecule has 1 N–H and O–H groups in total. The van der Waals surface area contributed by atoms with Gasteiger partial charge in [-0.2, -0.15) is 0 Å². The monoisotopic (exact) mass is 248 g/mol. The van der Waals surface area contributed by atoms with Gasteiger partial charge in [-0.1, -0.05) is 30.3 Å². The summed E-state index contributed by atoms with van der Waals surface area (Å²) in [5.41, 5.74) is 1.44. The molecule has 0 aromatic heterocycles. The van der Waals surface area contributed by atoms with Crippen LogP contribution in [0, 0.1) is 0 Å². The molecule has 0 aliphatic heterocycles. The smallest absolute Gasteiger partial charge is 0.00533 e. The predicted octanol–water partition coefficient (Wildman–Crippen LogP) is 2.94. The van der Waals surface area contributed by atoms with E-state index in [0.29, 0.717) is 12.1 Å². The minimum absolute atomic E-state index is 0.586. The van der Waals surface area contributed by atoms with E-state index in [-0.39, 0.29) is 0 Å². The standard InChI is InChI=1S/C16H28N2/c1-14(17-15(2)12-13-18(3)4)10-11-16-8-6-5-7-9-16/h5-9,14-15,17H,10-13H2,1-4H3. The molecule has 0 amide bonds. The van der Waals surface area contributed by atoms with E-state index >= 15 is 0 Å². The largest absolute Gasteiger partial charge is 0.312 e. The van der Waals surface area contributed by atoms with Gasteiger partial charge < -0.3 is 10.2 Å². The second-order valence-corrected chi connectivity index (χ2v) is 5.58. The van der Waals surface area contributed by atoms with Gasteiger partial charge in [-0.3, -0.25) is 0 Å². The van der Waals surface area contributed by atoms with Gasteiger partial charge in [0.1, 0.15) is 0 Å². The minimum atomic E-state index is 0.586. The molecule has 2 nitrogen and oxygen atoms in total. The molecule has 1 aromatic carbocycles. The molecule has 0 radical (unpaired) electrons. The first-order valence-electron chi connectivity index (χ1n) is 7.02. The Morgan fingerprint density at radius 3 is 2.22 bits per heavy atom. The number of hydrogen-bond acceptors (Lipinski definition) is 2. The van der Waals surface area contributed by atoms with E-state index in [2.05, 4.69) is 68.5 Å². The van der Waals surface area contributed by atoms with Crippen LogP contribution < -0.4 is 5.32 Å². The van der Waals surface area contributed by atoms with Gasteiger partial charge in [0, 0.05) is 12.1 Å². The summed E-state index contributed by atoms with van der Waals surface area (Å²) in [5.74, 6) is 0. The highest BCUT2D eigenvalue weighted by Crippen LogP contribution is 2.06. The van der Waals surface area contributed by atoms with Gasteiger partial charge in [-0.25, -0.2) is 0 Å². The van der Waals surface area contributed by atoms with Crippen molar-refractivity contribution < 1.29 is 0 Å². The maximum absolute atomic E-state index is 3.68. The Labute approximate surface area is 112 Å². The zero-order chi connectivity index (χ0) is 13.4. The molecule has 2 atom stereocenters. The molecule has 1 rings (SSSR count). The normalized spacial score (nSPS) is 14.7. The van der Waals surface area contributed by atoms with E-state index < -0.39 is 0 Å². The summed E-state index contributed by atoms with van der Waals surface area (Å²) >= 11 is 0. The van der Waals surface area contributed by atoms with Crippen molar-refractivity contribution in [3.8, 4) is 0 Å². The fraction of sp³-hybridized carbons (Fsp3) is 0.625. The van der Waals surface area contributed by atoms with Crippen molar-refractivity contribution >= 4 is 0 Å². The molecule has 0 spiro atoms. The molecule has 2 heteroatoms. The molecule has 0 fully saturated rings. The number of aryl methyl sites for hydroxylation is 1. The lowest BCUT2D eigenvalue weighted by molar-refractivity contribution is 0.348. The van der Waals surface area contributed by atoms with Gasteiger partial charge in [0.2, 0.25) is 0 Å². The molecule has 0 bridgehead atoms.